The number of benzene rings is 3. The molecule has 0 amide bonds. The molecule has 3 aromatic carbocycles. The van der Waals surface area contributed by atoms with E-state index in [4.69, 9.17) is 35.0 Å². The molecule has 7 rings (SSSR count). The average molecular weight is 665 g/mol. The first kappa shape index (κ1) is 34.4. The molecule has 260 valence electrons. The fourth-order valence-electron chi connectivity index (χ4n) is 9.33. The standard InChI is InChI=1S/C43H52O6/c1-8-26-43-36(45-28-31-20-14-10-15-21-31)34-29(2)24-25-33-42(34,7)38(48-41(5,6)47-33)35(44-27-30-18-12-9-13-19-30)37(40(43,3)4)46-39(49-43)32-22-16-11-17-23-32/h8-23,33-39H,1-2,24-28H2,3-7H3/t33-,34-,35+,36-,37-,38+,39?,42-,43+/m0/s1. The van der Waals surface area contributed by atoms with E-state index in [1.54, 1.807) is 0 Å². The predicted molar refractivity (Wildman–Crippen MR) is 190 cm³/mol. The molecule has 9 atom stereocenters. The molecule has 2 saturated heterocycles. The number of fused-ring (bicyclic) bond motifs is 2. The number of rotatable bonds is 9. The summed E-state index contributed by atoms with van der Waals surface area (Å²) in [6.45, 7) is 20.7. The van der Waals surface area contributed by atoms with Crippen molar-refractivity contribution in [3.05, 3.63) is 132 Å². The first-order valence-corrected chi connectivity index (χ1v) is 17.8. The zero-order valence-corrected chi connectivity index (χ0v) is 29.7. The molecule has 4 fully saturated rings. The summed E-state index contributed by atoms with van der Waals surface area (Å²) in [4.78, 5) is 0. The summed E-state index contributed by atoms with van der Waals surface area (Å²) in [5.74, 6) is -1.02. The van der Waals surface area contributed by atoms with E-state index in [1.165, 1.54) is 0 Å². The van der Waals surface area contributed by atoms with Gasteiger partial charge in [0.1, 0.15) is 11.7 Å². The highest BCUT2D eigenvalue weighted by atomic mass is 16.7. The summed E-state index contributed by atoms with van der Waals surface area (Å²) in [6, 6.07) is 30.9. The Bertz CT molecular complexity index is 1600. The van der Waals surface area contributed by atoms with E-state index in [0.29, 0.717) is 19.6 Å². The van der Waals surface area contributed by atoms with E-state index in [0.717, 1.165) is 35.1 Å². The summed E-state index contributed by atoms with van der Waals surface area (Å²) in [5, 5.41) is 0. The maximum Gasteiger partial charge on any atom is 0.185 e. The van der Waals surface area contributed by atoms with Crippen LogP contribution >= 0.6 is 0 Å². The van der Waals surface area contributed by atoms with Gasteiger partial charge in [0.25, 0.3) is 0 Å². The van der Waals surface area contributed by atoms with Crippen molar-refractivity contribution >= 4 is 0 Å². The third-order valence-electron chi connectivity index (χ3n) is 11.8. The molecule has 2 aliphatic carbocycles. The Labute approximate surface area is 292 Å². The summed E-state index contributed by atoms with van der Waals surface area (Å²) >= 11 is 0. The van der Waals surface area contributed by atoms with Crippen LogP contribution in [-0.4, -0.2) is 41.9 Å². The molecule has 2 aliphatic heterocycles. The topological polar surface area (TPSA) is 55.4 Å². The lowest BCUT2D eigenvalue weighted by molar-refractivity contribution is -0.434. The summed E-state index contributed by atoms with van der Waals surface area (Å²) in [5.41, 5.74) is 2.14. The Kier molecular flexibility index (Phi) is 9.27. The van der Waals surface area contributed by atoms with Crippen LogP contribution in [0.5, 0.6) is 0 Å². The van der Waals surface area contributed by atoms with Crippen LogP contribution in [0.2, 0.25) is 0 Å². The number of ether oxygens (including phenoxy) is 6. The van der Waals surface area contributed by atoms with E-state index in [1.807, 2.05) is 62.4 Å². The highest BCUT2D eigenvalue weighted by Crippen LogP contribution is 2.65. The molecule has 0 aromatic heterocycles. The summed E-state index contributed by atoms with van der Waals surface area (Å²) in [6.07, 6.45) is 1.59. The van der Waals surface area contributed by atoms with Crippen molar-refractivity contribution in [2.45, 2.75) is 115 Å². The van der Waals surface area contributed by atoms with Crippen LogP contribution in [-0.2, 0) is 41.6 Å². The Hall–Kier alpha value is -3.10. The third kappa shape index (κ3) is 5.94. The van der Waals surface area contributed by atoms with E-state index in [-0.39, 0.29) is 12.0 Å². The Morgan fingerprint density at radius 3 is 1.96 bits per heavy atom. The zero-order chi connectivity index (χ0) is 34.4. The monoisotopic (exact) mass is 664 g/mol. The van der Waals surface area contributed by atoms with Gasteiger partial charge in [-0.1, -0.05) is 130 Å². The third-order valence-corrected chi connectivity index (χ3v) is 11.8. The van der Waals surface area contributed by atoms with E-state index >= 15 is 0 Å². The summed E-state index contributed by atoms with van der Waals surface area (Å²) < 4.78 is 43.1. The highest BCUT2D eigenvalue weighted by molar-refractivity contribution is 5.29. The van der Waals surface area contributed by atoms with E-state index in [9.17, 15) is 0 Å². The van der Waals surface area contributed by atoms with Gasteiger partial charge in [-0.25, -0.2) is 0 Å². The molecule has 0 spiro atoms. The number of hydrogen-bond acceptors (Lipinski definition) is 6. The minimum absolute atomic E-state index is 0.130. The van der Waals surface area contributed by atoms with E-state index in [2.05, 4.69) is 75.9 Å². The Morgan fingerprint density at radius 2 is 1.35 bits per heavy atom. The summed E-state index contributed by atoms with van der Waals surface area (Å²) in [7, 11) is 0. The quantitative estimate of drug-likeness (QED) is 0.213. The second-order valence-electron chi connectivity index (χ2n) is 15.6. The molecular weight excluding hydrogens is 612 g/mol. The fraction of sp³-hybridized carbons (Fsp3) is 0.488. The Morgan fingerprint density at radius 1 is 0.755 bits per heavy atom. The van der Waals surface area contributed by atoms with Crippen molar-refractivity contribution in [1.29, 1.82) is 0 Å². The van der Waals surface area contributed by atoms with Crippen molar-refractivity contribution < 1.29 is 28.4 Å². The minimum Gasteiger partial charge on any atom is -0.370 e. The van der Waals surface area contributed by atoms with Gasteiger partial charge in [0, 0.05) is 22.3 Å². The van der Waals surface area contributed by atoms with Gasteiger partial charge in [-0.3, -0.25) is 0 Å². The van der Waals surface area contributed by atoms with Crippen molar-refractivity contribution in [3.63, 3.8) is 0 Å². The van der Waals surface area contributed by atoms with E-state index < -0.39 is 52.9 Å². The molecule has 6 heteroatoms. The van der Waals surface area contributed by atoms with Crippen LogP contribution in [0, 0.1) is 16.7 Å². The predicted octanol–water partition coefficient (Wildman–Crippen LogP) is 9.12. The molecule has 2 saturated carbocycles. The molecule has 0 N–H and O–H groups in total. The lowest BCUT2D eigenvalue weighted by atomic mass is 9.49. The largest absolute Gasteiger partial charge is 0.370 e. The maximum atomic E-state index is 7.44. The van der Waals surface area contributed by atoms with Gasteiger partial charge < -0.3 is 28.4 Å². The van der Waals surface area contributed by atoms with Crippen LogP contribution in [0.4, 0.5) is 0 Å². The average Bonchev–Trinajstić information content (AvgIpc) is 3.09. The first-order chi connectivity index (χ1) is 23.5. The molecular formula is C43H52O6. The minimum atomic E-state index is -0.891. The van der Waals surface area contributed by atoms with Crippen LogP contribution in [0.25, 0.3) is 0 Å². The van der Waals surface area contributed by atoms with Gasteiger partial charge in [-0.2, -0.15) is 0 Å². The maximum absolute atomic E-state index is 7.44. The van der Waals surface area contributed by atoms with Crippen molar-refractivity contribution in [1.82, 2.24) is 0 Å². The number of hydrogen-bond donors (Lipinski definition) is 0. The van der Waals surface area contributed by atoms with Crippen molar-refractivity contribution in [2.75, 3.05) is 0 Å². The Balaban J connectivity index is 1.46. The first-order valence-electron chi connectivity index (χ1n) is 17.8. The SMILES string of the molecule is C=CC[C@@]12OC(c3ccccc3)O[C@@H]([C@@H](OCc3ccccc3)[C@H]3OC(C)(C)O[C@H]4CCC(=C)[C@@H]([C@@H]1OCc1ccccc1)[C@]43C)C2(C)C. The van der Waals surface area contributed by atoms with Crippen LogP contribution < -0.4 is 0 Å². The second-order valence-corrected chi connectivity index (χ2v) is 15.6. The smallest absolute Gasteiger partial charge is 0.185 e. The van der Waals surface area contributed by atoms with Crippen LogP contribution in [0.3, 0.4) is 0 Å². The van der Waals surface area contributed by atoms with Gasteiger partial charge in [0.05, 0.1) is 37.6 Å². The normalized spacial score (nSPS) is 36.2. The molecule has 6 nitrogen and oxygen atoms in total. The molecule has 49 heavy (non-hydrogen) atoms. The molecule has 2 heterocycles. The van der Waals surface area contributed by atoms with Gasteiger partial charge in [0.2, 0.25) is 0 Å². The lowest BCUT2D eigenvalue weighted by Crippen LogP contribution is -2.78. The molecule has 4 aliphatic rings. The van der Waals surface area contributed by atoms with Gasteiger partial charge in [-0.15, -0.1) is 6.58 Å². The molecule has 2 bridgehead atoms. The van der Waals surface area contributed by atoms with Crippen molar-refractivity contribution in [3.8, 4) is 0 Å². The zero-order valence-electron chi connectivity index (χ0n) is 29.7. The van der Waals surface area contributed by atoms with Crippen LogP contribution in [0.1, 0.15) is 76.9 Å². The van der Waals surface area contributed by atoms with Gasteiger partial charge >= 0.3 is 0 Å². The molecule has 0 radical (unpaired) electrons. The molecule has 3 aromatic rings. The fourth-order valence-corrected chi connectivity index (χ4v) is 9.33. The van der Waals surface area contributed by atoms with Crippen molar-refractivity contribution in [2.24, 2.45) is 16.7 Å². The second kappa shape index (κ2) is 13.2. The van der Waals surface area contributed by atoms with Gasteiger partial charge in [0.15, 0.2) is 12.1 Å². The van der Waals surface area contributed by atoms with Gasteiger partial charge in [-0.05, 0) is 44.2 Å². The molecule has 1 unspecified atom stereocenters. The lowest BCUT2D eigenvalue weighted by Gasteiger charge is -2.69. The van der Waals surface area contributed by atoms with Crippen LogP contribution in [0.15, 0.2) is 116 Å². The highest BCUT2D eigenvalue weighted by Gasteiger charge is 2.73.